The fourth-order valence-corrected chi connectivity index (χ4v) is 1.27. The molecule has 0 unspecified atom stereocenters. The fourth-order valence-electron chi connectivity index (χ4n) is 1.27. The van der Waals surface area contributed by atoms with Crippen LogP contribution in [0.4, 0.5) is 0 Å². The second-order valence-corrected chi connectivity index (χ2v) is 2.70. The zero-order chi connectivity index (χ0) is 9.14. The molecule has 1 fully saturated rings. The van der Waals surface area contributed by atoms with Gasteiger partial charge in [0.2, 0.25) is 0 Å². The van der Waals surface area contributed by atoms with Gasteiger partial charge in [-0.2, -0.15) is 0 Å². The third-order valence-electron chi connectivity index (χ3n) is 1.93. The van der Waals surface area contributed by atoms with E-state index in [1.54, 1.807) is 0 Å². The molecule has 72 valence electrons. The van der Waals surface area contributed by atoms with Gasteiger partial charge < -0.3 is 24.4 Å². The number of hydrogen-bond donors (Lipinski definition) is 2. The molecule has 0 radical (unpaired) electrons. The van der Waals surface area contributed by atoms with Crippen LogP contribution in [0.15, 0.2) is 0 Å². The second kappa shape index (κ2) is 4.15. The summed E-state index contributed by atoms with van der Waals surface area (Å²) in [5.41, 5.74) is 0. The van der Waals surface area contributed by atoms with Crippen LogP contribution in [0.1, 0.15) is 0 Å². The van der Waals surface area contributed by atoms with Crippen LogP contribution in [0, 0.1) is 0 Å². The first-order chi connectivity index (χ1) is 5.70. The van der Waals surface area contributed by atoms with E-state index >= 15 is 0 Å². The highest BCUT2D eigenvalue weighted by Gasteiger charge is 2.38. The Balaban J connectivity index is 2.56. The molecule has 4 atom stereocenters. The summed E-state index contributed by atoms with van der Waals surface area (Å²) in [6.45, 7) is 0.119. The van der Waals surface area contributed by atoms with E-state index in [4.69, 9.17) is 14.2 Å². The van der Waals surface area contributed by atoms with Gasteiger partial charge in [0.1, 0.15) is 18.3 Å². The first-order valence-electron chi connectivity index (χ1n) is 3.74. The zero-order valence-electron chi connectivity index (χ0n) is 7.14. The third kappa shape index (κ3) is 1.75. The van der Waals surface area contributed by atoms with E-state index in [0.717, 1.165) is 0 Å². The summed E-state index contributed by atoms with van der Waals surface area (Å²) in [4.78, 5) is 0. The summed E-state index contributed by atoms with van der Waals surface area (Å²) in [6.07, 6.45) is -3.08. The Hall–Kier alpha value is -0.200. The van der Waals surface area contributed by atoms with Gasteiger partial charge in [-0.25, -0.2) is 0 Å². The quantitative estimate of drug-likeness (QED) is 0.551. The number of ether oxygens (including phenoxy) is 3. The molecule has 0 saturated carbocycles. The van der Waals surface area contributed by atoms with E-state index in [0.29, 0.717) is 0 Å². The zero-order valence-corrected chi connectivity index (χ0v) is 7.14. The van der Waals surface area contributed by atoms with E-state index in [2.05, 4.69) is 0 Å². The van der Waals surface area contributed by atoms with Gasteiger partial charge in [0.05, 0.1) is 6.61 Å². The molecule has 0 aromatic heterocycles. The Morgan fingerprint density at radius 3 is 2.42 bits per heavy atom. The van der Waals surface area contributed by atoms with Crippen LogP contribution in [-0.2, 0) is 14.2 Å². The van der Waals surface area contributed by atoms with Crippen molar-refractivity contribution >= 4 is 0 Å². The number of aliphatic hydroxyl groups excluding tert-OH is 2. The molecule has 1 aliphatic heterocycles. The molecule has 0 aromatic carbocycles. The first-order valence-corrected chi connectivity index (χ1v) is 3.74. The molecule has 2 N–H and O–H groups in total. The second-order valence-electron chi connectivity index (χ2n) is 2.70. The minimum Gasteiger partial charge on any atom is -0.388 e. The molecular weight excluding hydrogens is 164 g/mol. The lowest BCUT2D eigenvalue weighted by Crippen LogP contribution is -2.54. The molecule has 0 spiro atoms. The van der Waals surface area contributed by atoms with Gasteiger partial charge in [-0.1, -0.05) is 0 Å². The van der Waals surface area contributed by atoms with Crippen molar-refractivity contribution < 1.29 is 24.4 Å². The molecule has 5 heteroatoms. The van der Waals surface area contributed by atoms with Gasteiger partial charge in [0.25, 0.3) is 0 Å². The minimum atomic E-state index is -0.941. The lowest BCUT2D eigenvalue weighted by atomic mass is 10.1. The number of methoxy groups -OCH3 is 2. The van der Waals surface area contributed by atoms with Crippen molar-refractivity contribution in [3.05, 3.63) is 0 Å². The van der Waals surface area contributed by atoms with E-state index < -0.39 is 24.6 Å². The van der Waals surface area contributed by atoms with E-state index in [1.807, 2.05) is 0 Å². The van der Waals surface area contributed by atoms with Crippen molar-refractivity contribution in [2.24, 2.45) is 0 Å². The maximum atomic E-state index is 9.46. The van der Waals surface area contributed by atoms with Crippen LogP contribution < -0.4 is 0 Å². The van der Waals surface area contributed by atoms with Crippen LogP contribution in [0.5, 0.6) is 0 Å². The smallest absolute Gasteiger partial charge is 0.185 e. The highest BCUT2D eigenvalue weighted by atomic mass is 16.7. The maximum absolute atomic E-state index is 9.46. The molecule has 0 bridgehead atoms. The van der Waals surface area contributed by atoms with Gasteiger partial charge in [-0.15, -0.1) is 0 Å². The van der Waals surface area contributed by atoms with Crippen LogP contribution in [0.25, 0.3) is 0 Å². The fraction of sp³-hybridized carbons (Fsp3) is 1.00. The molecule has 1 rings (SSSR count). The monoisotopic (exact) mass is 178 g/mol. The SMILES string of the molecule is CO[C@H]1OC[C@@H](O)[C@H](OC)[C@H]1O. The van der Waals surface area contributed by atoms with Crippen LogP contribution in [0.3, 0.4) is 0 Å². The topological polar surface area (TPSA) is 68.2 Å². The summed E-state index contributed by atoms with van der Waals surface area (Å²) in [5.74, 6) is 0. The average Bonchev–Trinajstić information content (AvgIpc) is 2.06. The Labute approximate surface area is 70.9 Å². The Bertz CT molecular complexity index is 140. The predicted molar refractivity (Wildman–Crippen MR) is 39.6 cm³/mol. The van der Waals surface area contributed by atoms with Gasteiger partial charge in [-0.3, -0.25) is 0 Å². The standard InChI is InChI=1S/C7H14O5/c1-10-6-4(8)3-12-7(11-2)5(6)9/h4-9H,3H2,1-2H3/t4-,5-,6+,7+/m1/s1. The summed E-state index contributed by atoms with van der Waals surface area (Å²) in [7, 11) is 2.85. The summed E-state index contributed by atoms with van der Waals surface area (Å²) in [5, 5.41) is 18.8. The Morgan fingerprint density at radius 1 is 1.25 bits per heavy atom. The number of rotatable bonds is 2. The average molecular weight is 178 g/mol. The highest BCUT2D eigenvalue weighted by Crippen LogP contribution is 2.17. The molecule has 1 heterocycles. The normalized spacial score (nSPS) is 43.0. The Morgan fingerprint density at radius 2 is 1.92 bits per heavy atom. The third-order valence-corrected chi connectivity index (χ3v) is 1.93. The largest absolute Gasteiger partial charge is 0.388 e. The Kier molecular flexibility index (Phi) is 3.42. The molecule has 0 amide bonds. The van der Waals surface area contributed by atoms with Gasteiger partial charge in [-0.05, 0) is 0 Å². The maximum Gasteiger partial charge on any atom is 0.185 e. The van der Waals surface area contributed by atoms with Crippen LogP contribution in [0.2, 0.25) is 0 Å². The minimum absolute atomic E-state index is 0.119. The summed E-state index contributed by atoms with van der Waals surface area (Å²) in [6, 6.07) is 0. The molecule has 0 aromatic rings. The van der Waals surface area contributed by atoms with Crippen molar-refractivity contribution in [2.75, 3.05) is 20.8 Å². The summed E-state index contributed by atoms with van der Waals surface area (Å²) < 4.78 is 14.7. The molecule has 12 heavy (non-hydrogen) atoms. The molecule has 5 nitrogen and oxygen atoms in total. The first kappa shape index (κ1) is 9.88. The van der Waals surface area contributed by atoms with Gasteiger partial charge in [0, 0.05) is 14.2 Å². The van der Waals surface area contributed by atoms with Crippen molar-refractivity contribution in [3.63, 3.8) is 0 Å². The van der Waals surface area contributed by atoms with Crippen molar-refractivity contribution in [3.8, 4) is 0 Å². The van der Waals surface area contributed by atoms with E-state index in [9.17, 15) is 10.2 Å². The number of hydrogen-bond acceptors (Lipinski definition) is 5. The van der Waals surface area contributed by atoms with Crippen molar-refractivity contribution in [1.82, 2.24) is 0 Å². The van der Waals surface area contributed by atoms with Crippen molar-refractivity contribution in [2.45, 2.75) is 24.6 Å². The van der Waals surface area contributed by atoms with E-state index in [1.165, 1.54) is 14.2 Å². The van der Waals surface area contributed by atoms with Crippen molar-refractivity contribution in [1.29, 1.82) is 0 Å². The molecular formula is C7H14O5. The molecule has 1 saturated heterocycles. The number of aliphatic hydroxyl groups is 2. The van der Waals surface area contributed by atoms with E-state index in [-0.39, 0.29) is 6.61 Å². The summed E-state index contributed by atoms with van der Waals surface area (Å²) >= 11 is 0. The predicted octanol–water partition coefficient (Wildman–Crippen LogP) is -1.27. The van der Waals surface area contributed by atoms with Crippen LogP contribution >= 0.6 is 0 Å². The lowest BCUT2D eigenvalue weighted by Gasteiger charge is -2.36. The van der Waals surface area contributed by atoms with Gasteiger partial charge in [0.15, 0.2) is 6.29 Å². The molecule has 0 aliphatic carbocycles. The molecule has 1 aliphatic rings. The van der Waals surface area contributed by atoms with Gasteiger partial charge >= 0.3 is 0 Å². The highest BCUT2D eigenvalue weighted by molar-refractivity contribution is 4.83. The van der Waals surface area contributed by atoms with Crippen LogP contribution in [-0.4, -0.2) is 55.6 Å². The lowest BCUT2D eigenvalue weighted by molar-refractivity contribution is -0.266.